The van der Waals surface area contributed by atoms with Crippen LogP contribution in [0, 0.1) is 5.92 Å². The van der Waals surface area contributed by atoms with Crippen molar-refractivity contribution in [3.05, 3.63) is 17.6 Å². The van der Waals surface area contributed by atoms with Gasteiger partial charge in [-0.05, 0) is 12.3 Å². The van der Waals surface area contributed by atoms with E-state index in [4.69, 9.17) is 4.74 Å². The van der Waals surface area contributed by atoms with Crippen LogP contribution in [0.2, 0.25) is 0 Å². The Bertz CT molecular complexity index is 354. The van der Waals surface area contributed by atoms with Gasteiger partial charge < -0.3 is 10.1 Å². The van der Waals surface area contributed by atoms with Gasteiger partial charge in [-0.3, -0.25) is 0 Å². The maximum Gasteiger partial charge on any atom is 0.134 e. The van der Waals surface area contributed by atoms with E-state index in [1.165, 1.54) is 6.42 Å². The molecule has 1 aliphatic carbocycles. The summed E-state index contributed by atoms with van der Waals surface area (Å²) in [6, 6.07) is 1.93. The number of anilines is 1. The lowest BCUT2D eigenvalue weighted by Gasteiger charge is -2.06. The molecule has 1 aromatic rings. The van der Waals surface area contributed by atoms with Gasteiger partial charge in [0.2, 0.25) is 0 Å². The lowest BCUT2D eigenvalue weighted by atomic mass is 10.3. The molecule has 0 spiro atoms. The summed E-state index contributed by atoms with van der Waals surface area (Å²) in [5.41, 5.74) is 0.950. The van der Waals surface area contributed by atoms with Crippen LogP contribution in [0.4, 0.5) is 5.82 Å². The quantitative estimate of drug-likeness (QED) is 0.817. The van der Waals surface area contributed by atoms with Crippen molar-refractivity contribution in [2.45, 2.75) is 25.9 Å². The van der Waals surface area contributed by atoms with Crippen molar-refractivity contribution in [3.63, 3.8) is 0 Å². The smallest absolute Gasteiger partial charge is 0.134 e. The van der Waals surface area contributed by atoms with Crippen LogP contribution in [0.15, 0.2) is 6.07 Å². The van der Waals surface area contributed by atoms with E-state index in [2.05, 4.69) is 22.2 Å². The molecule has 4 nitrogen and oxygen atoms in total. The molecule has 0 bridgehead atoms. The number of rotatable bonds is 4. The van der Waals surface area contributed by atoms with Gasteiger partial charge in [-0.1, -0.05) is 6.92 Å². The van der Waals surface area contributed by atoms with Crippen LogP contribution in [-0.2, 0) is 11.3 Å². The fourth-order valence-corrected chi connectivity index (χ4v) is 1.72. The van der Waals surface area contributed by atoms with Crippen LogP contribution in [0.1, 0.15) is 30.8 Å². The molecule has 0 radical (unpaired) electrons. The van der Waals surface area contributed by atoms with Crippen LogP contribution in [0.25, 0.3) is 0 Å². The molecular formula is C11H17N3O. The van der Waals surface area contributed by atoms with Crippen LogP contribution in [0.5, 0.6) is 0 Å². The Morgan fingerprint density at radius 3 is 2.80 bits per heavy atom. The number of hydrogen-bond acceptors (Lipinski definition) is 4. The van der Waals surface area contributed by atoms with Crippen LogP contribution in [-0.4, -0.2) is 24.1 Å². The zero-order valence-electron chi connectivity index (χ0n) is 9.45. The molecule has 2 atom stereocenters. The Balaban J connectivity index is 2.25. The predicted molar refractivity (Wildman–Crippen MR) is 58.8 cm³/mol. The Morgan fingerprint density at radius 2 is 2.27 bits per heavy atom. The molecule has 1 aromatic heterocycles. The Labute approximate surface area is 90.1 Å². The molecule has 2 unspecified atom stereocenters. The van der Waals surface area contributed by atoms with Crippen molar-refractivity contribution in [1.29, 1.82) is 0 Å². The molecule has 0 saturated heterocycles. The molecule has 4 heteroatoms. The van der Waals surface area contributed by atoms with E-state index in [1.54, 1.807) is 7.11 Å². The second kappa shape index (κ2) is 4.14. The van der Waals surface area contributed by atoms with Crippen molar-refractivity contribution < 1.29 is 4.74 Å². The molecule has 1 aliphatic rings. The second-order valence-electron chi connectivity index (χ2n) is 4.11. The summed E-state index contributed by atoms with van der Waals surface area (Å²) in [5, 5.41) is 3.06. The highest BCUT2D eigenvalue weighted by molar-refractivity contribution is 5.36. The van der Waals surface area contributed by atoms with E-state index >= 15 is 0 Å². The largest absolute Gasteiger partial charge is 0.378 e. The zero-order valence-corrected chi connectivity index (χ0v) is 9.45. The SMILES string of the molecule is CNc1cc(COC)nc(C2CC2C)n1. The Kier molecular flexibility index (Phi) is 2.86. The molecule has 1 heterocycles. The minimum atomic E-state index is 0.547. The highest BCUT2D eigenvalue weighted by atomic mass is 16.5. The number of nitrogens with zero attached hydrogens (tertiary/aromatic N) is 2. The van der Waals surface area contributed by atoms with Crippen LogP contribution in [0.3, 0.4) is 0 Å². The van der Waals surface area contributed by atoms with Gasteiger partial charge in [0.1, 0.15) is 11.6 Å². The fourth-order valence-electron chi connectivity index (χ4n) is 1.72. The van der Waals surface area contributed by atoms with E-state index in [-0.39, 0.29) is 0 Å². The molecule has 1 saturated carbocycles. The third-order valence-electron chi connectivity index (χ3n) is 2.79. The van der Waals surface area contributed by atoms with E-state index in [9.17, 15) is 0 Å². The minimum Gasteiger partial charge on any atom is -0.378 e. The number of methoxy groups -OCH3 is 1. The molecule has 1 fully saturated rings. The summed E-state index contributed by atoms with van der Waals surface area (Å²) in [6.45, 7) is 2.78. The van der Waals surface area contributed by atoms with E-state index in [0.29, 0.717) is 12.5 Å². The van der Waals surface area contributed by atoms with Gasteiger partial charge in [0.15, 0.2) is 0 Å². The zero-order chi connectivity index (χ0) is 10.8. The summed E-state index contributed by atoms with van der Waals surface area (Å²) in [6.07, 6.45) is 1.21. The molecule has 0 aliphatic heterocycles. The van der Waals surface area contributed by atoms with Crippen molar-refractivity contribution in [2.75, 3.05) is 19.5 Å². The third kappa shape index (κ3) is 2.26. The molecule has 2 rings (SSSR count). The number of ether oxygens (including phenoxy) is 1. The fraction of sp³-hybridized carbons (Fsp3) is 0.636. The van der Waals surface area contributed by atoms with Crippen LogP contribution < -0.4 is 5.32 Å². The predicted octanol–water partition coefficient (Wildman–Crippen LogP) is 1.79. The minimum absolute atomic E-state index is 0.547. The molecule has 0 amide bonds. The Morgan fingerprint density at radius 1 is 1.53 bits per heavy atom. The molecular weight excluding hydrogens is 190 g/mol. The maximum atomic E-state index is 5.09. The maximum absolute atomic E-state index is 5.09. The normalized spacial score (nSPS) is 23.9. The summed E-state index contributed by atoms with van der Waals surface area (Å²) in [5.74, 6) is 3.12. The monoisotopic (exact) mass is 207 g/mol. The highest BCUT2D eigenvalue weighted by Crippen LogP contribution is 2.45. The van der Waals surface area contributed by atoms with E-state index in [0.717, 1.165) is 23.3 Å². The van der Waals surface area contributed by atoms with Crippen LogP contribution >= 0.6 is 0 Å². The van der Waals surface area contributed by atoms with Gasteiger partial charge in [-0.15, -0.1) is 0 Å². The number of nitrogens with one attached hydrogen (secondary N) is 1. The van der Waals surface area contributed by atoms with Gasteiger partial charge >= 0.3 is 0 Å². The van der Waals surface area contributed by atoms with Gasteiger partial charge in [0.05, 0.1) is 12.3 Å². The van der Waals surface area contributed by atoms with Crippen molar-refractivity contribution in [3.8, 4) is 0 Å². The molecule has 82 valence electrons. The first-order valence-electron chi connectivity index (χ1n) is 5.29. The van der Waals surface area contributed by atoms with Crippen molar-refractivity contribution in [2.24, 2.45) is 5.92 Å². The topological polar surface area (TPSA) is 47.0 Å². The van der Waals surface area contributed by atoms with Crippen molar-refractivity contribution in [1.82, 2.24) is 9.97 Å². The second-order valence-corrected chi connectivity index (χ2v) is 4.11. The molecule has 15 heavy (non-hydrogen) atoms. The summed E-state index contributed by atoms with van der Waals surface area (Å²) in [7, 11) is 3.56. The van der Waals surface area contributed by atoms with Gasteiger partial charge in [-0.2, -0.15) is 0 Å². The lowest BCUT2D eigenvalue weighted by molar-refractivity contribution is 0.181. The van der Waals surface area contributed by atoms with E-state index < -0.39 is 0 Å². The molecule has 1 N–H and O–H groups in total. The number of aromatic nitrogens is 2. The summed E-state index contributed by atoms with van der Waals surface area (Å²) < 4.78 is 5.09. The summed E-state index contributed by atoms with van der Waals surface area (Å²) in [4.78, 5) is 8.98. The van der Waals surface area contributed by atoms with E-state index in [1.807, 2.05) is 13.1 Å². The summed E-state index contributed by atoms with van der Waals surface area (Å²) >= 11 is 0. The average Bonchev–Trinajstić information content (AvgIpc) is 2.95. The third-order valence-corrected chi connectivity index (χ3v) is 2.79. The standard InChI is InChI=1S/C11H17N3O/c1-7-4-9(7)11-13-8(6-15-3)5-10(12-2)14-11/h5,7,9H,4,6H2,1-3H3,(H,12,13,14). The highest BCUT2D eigenvalue weighted by Gasteiger charge is 2.36. The first-order chi connectivity index (χ1) is 7.24. The lowest BCUT2D eigenvalue weighted by Crippen LogP contribution is -2.04. The molecule has 0 aromatic carbocycles. The Hall–Kier alpha value is -1.16. The van der Waals surface area contributed by atoms with Crippen molar-refractivity contribution >= 4 is 5.82 Å². The average molecular weight is 207 g/mol. The number of hydrogen-bond donors (Lipinski definition) is 1. The first kappa shape index (κ1) is 10.4. The van der Waals surface area contributed by atoms with Gasteiger partial charge in [0, 0.05) is 26.1 Å². The van der Waals surface area contributed by atoms with Gasteiger partial charge in [-0.25, -0.2) is 9.97 Å². The van der Waals surface area contributed by atoms with Gasteiger partial charge in [0.25, 0.3) is 0 Å². The first-order valence-corrected chi connectivity index (χ1v) is 5.29.